The summed E-state index contributed by atoms with van der Waals surface area (Å²) in [6.45, 7) is 0.512. The molecule has 2 aromatic carbocycles. The Labute approximate surface area is 195 Å². The number of thioether (sulfide) groups is 1. The van der Waals surface area contributed by atoms with Crippen molar-refractivity contribution in [1.29, 1.82) is 0 Å². The number of hydrogen-bond donors (Lipinski definition) is 0. The molecule has 0 saturated carbocycles. The highest BCUT2D eigenvalue weighted by atomic mass is 32.2. The number of pyridine rings is 1. The molecule has 2 heterocycles. The van der Waals surface area contributed by atoms with Crippen LogP contribution in [0.5, 0.6) is 11.5 Å². The maximum atomic E-state index is 13.8. The number of amides is 1. The molecule has 0 N–H and O–H groups in total. The Morgan fingerprint density at radius 1 is 1.12 bits per heavy atom. The van der Waals surface area contributed by atoms with Gasteiger partial charge in [0.05, 0.1) is 18.9 Å². The number of rotatable bonds is 8. The molecule has 3 aromatic rings. The molecule has 0 unspecified atom stereocenters. The molecule has 32 heavy (non-hydrogen) atoms. The van der Waals surface area contributed by atoms with E-state index in [1.54, 1.807) is 48.7 Å². The molecule has 0 aliphatic carbocycles. The largest absolute Gasteiger partial charge is 0.493 e. The van der Waals surface area contributed by atoms with Gasteiger partial charge in [0.2, 0.25) is 5.91 Å². The van der Waals surface area contributed by atoms with Gasteiger partial charge < -0.3 is 9.47 Å². The van der Waals surface area contributed by atoms with E-state index < -0.39 is 0 Å². The molecule has 1 aromatic heterocycles. The van der Waals surface area contributed by atoms with Crippen LogP contribution in [-0.4, -0.2) is 32.5 Å². The standard InChI is InChI=1S/C24H21FN2O3S2/c1-29-21-11-16(8-9-20(21)30-15-18-6-2-3-7-19(18)25)12-22-23(28)27(24(31)32-22)14-17-5-4-10-26-13-17/h2-11,13,22H,12,14-15H2,1H3/t22-/m1/s1. The SMILES string of the molecule is COc1cc(C[C@H]2SC(=S)N(Cc3cccnc3)C2=O)ccc1OCc1ccccc1F. The predicted molar refractivity (Wildman–Crippen MR) is 126 cm³/mol. The molecular weight excluding hydrogens is 447 g/mol. The number of thiocarbonyl (C=S) groups is 1. The molecule has 1 aliphatic heterocycles. The Morgan fingerprint density at radius 2 is 1.97 bits per heavy atom. The Morgan fingerprint density at radius 3 is 2.72 bits per heavy atom. The summed E-state index contributed by atoms with van der Waals surface area (Å²) in [5.74, 6) is 0.720. The summed E-state index contributed by atoms with van der Waals surface area (Å²) < 4.78 is 25.6. The first-order valence-corrected chi connectivity index (χ1v) is 11.3. The second-order valence-corrected chi connectivity index (χ2v) is 9.06. The topological polar surface area (TPSA) is 51.7 Å². The van der Waals surface area contributed by atoms with Gasteiger partial charge in [-0.15, -0.1) is 0 Å². The molecule has 1 aliphatic rings. The summed E-state index contributed by atoms with van der Waals surface area (Å²) in [5.41, 5.74) is 2.33. The van der Waals surface area contributed by atoms with Crippen molar-refractivity contribution in [3.05, 3.63) is 89.5 Å². The second kappa shape index (κ2) is 10.1. The zero-order valence-electron chi connectivity index (χ0n) is 17.4. The number of carbonyl (C=O) groups is 1. The van der Waals surface area contributed by atoms with E-state index in [2.05, 4.69) is 4.98 Å². The zero-order chi connectivity index (χ0) is 22.5. The molecule has 0 spiro atoms. The summed E-state index contributed by atoms with van der Waals surface area (Å²) >= 11 is 6.84. The van der Waals surface area contributed by atoms with Gasteiger partial charge in [0.1, 0.15) is 16.7 Å². The van der Waals surface area contributed by atoms with E-state index in [0.29, 0.717) is 34.3 Å². The Kier molecular flexibility index (Phi) is 7.02. The van der Waals surface area contributed by atoms with E-state index >= 15 is 0 Å². The fraction of sp³-hybridized carbons (Fsp3) is 0.208. The van der Waals surface area contributed by atoms with Crippen LogP contribution in [0, 0.1) is 5.82 Å². The van der Waals surface area contributed by atoms with Crippen LogP contribution in [0.1, 0.15) is 16.7 Å². The minimum atomic E-state index is -0.313. The fourth-order valence-electron chi connectivity index (χ4n) is 3.39. The molecule has 1 saturated heterocycles. The first-order chi connectivity index (χ1) is 15.5. The lowest BCUT2D eigenvalue weighted by Crippen LogP contribution is -2.31. The molecule has 1 amide bonds. The van der Waals surface area contributed by atoms with E-state index in [1.165, 1.54) is 17.8 Å². The summed E-state index contributed by atoms with van der Waals surface area (Å²) in [4.78, 5) is 18.7. The number of hydrogen-bond acceptors (Lipinski definition) is 6. The smallest absolute Gasteiger partial charge is 0.242 e. The fourth-order valence-corrected chi connectivity index (χ4v) is 4.92. The van der Waals surface area contributed by atoms with Gasteiger partial charge in [-0.3, -0.25) is 14.7 Å². The van der Waals surface area contributed by atoms with E-state index in [0.717, 1.165) is 11.1 Å². The third-order valence-corrected chi connectivity index (χ3v) is 6.64. The van der Waals surface area contributed by atoms with Crippen molar-refractivity contribution in [2.45, 2.75) is 24.8 Å². The third-order valence-electron chi connectivity index (χ3n) is 5.06. The van der Waals surface area contributed by atoms with Crippen LogP contribution in [-0.2, 0) is 24.4 Å². The lowest BCUT2D eigenvalue weighted by molar-refractivity contribution is -0.126. The monoisotopic (exact) mass is 468 g/mol. The van der Waals surface area contributed by atoms with Crippen molar-refractivity contribution >= 4 is 34.2 Å². The van der Waals surface area contributed by atoms with Crippen LogP contribution in [0.25, 0.3) is 0 Å². The molecule has 8 heteroatoms. The van der Waals surface area contributed by atoms with Crippen molar-refractivity contribution in [2.24, 2.45) is 0 Å². The Balaban J connectivity index is 1.42. The predicted octanol–water partition coefficient (Wildman–Crippen LogP) is 4.78. The van der Waals surface area contributed by atoms with Gasteiger partial charge in [-0.2, -0.15) is 0 Å². The molecule has 4 rings (SSSR count). The van der Waals surface area contributed by atoms with Crippen LogP contribution in [0.2, 0.25) is 0 Å². The van der Waals surface area contributed by atoms with Crippen molar-refractivity contribution in [3.63, 3.8) is 0 Å². The number of nitrogens with zero attached hydrogens (tertiary/aromatic N) is 2. The van der Waals surface area contributed by atoms with Crippen LogP contribution in [0.4, 0.5) is 4.39 Å². The average molecular weight is 469 g/mol. The van der Waals surface area contributed by atoms with Crippen LogP contribution >= 0.6 is 24.0 Å². The van der Waals surface area contributed by atoms with Crippen molar-refractivity contribution in [1.82, 2.24) is 9.88 Å². The summed E-state index contributed by atoms with van der Waals surface area (Å²) in [7, 11) is 1.55. The second-order valence-electron chi connectivity index (χ2n) is 7.23. The lowest BCUT2D eigenvalue weighted by Gasteiger charge is -2.16. The Hall–Kier alpha value is -2.97. The number of aromatic nitrogens is 1. The number of benzene rings is 2. The molecular formula is C24H21FN2O3S2. The Bertz CT molecular complexity index is 1130. The van der Waals surface area contributed by atoms with Gasteiger partial charge in [0.15, 0.2) is 11.5 Å². The van der Waals surface area contributed by atoms with Crippen molar-refractivity contribution in [3.8, 4) is 11.5 Å². The van der Waals surface area contributed by atoms with Crippen molar-refractivity contribution in [2.75, 3.05) is 7.11 Å². The van der Waals surface area contributed by atoms with Gasteiger partial charge in [0, 0.05) is 18.0 Å². The summed E-state index contributed by atoms with van der Waals surface area (Å²) in [6, 6.07) is 15.8. The highest BCUT2D eigenvalue weighted by Gasteiger charge is 2.36. The van der Waals surface area contributed by atoms with Gasteiger partial charge in [-0.1, -0.05) is 54.3 Å². The number of carbonyl (C=O) groups excluding carboxylic acids is 1. The van der Waals surface area contributed by atoms with E-state index in [1.807, 2.05) is 24.3 Å². The van der Waals surface area contributed by atoms with Gasteiger partial charge >= 0.3 is 0 Å². The quantitative estimate of drug-likeness (QED) is 0.444. The highest BCUT2D eigenvalue weighted by molar-refractivity contribution is 8.24. The maximum absolute atomic E-state index is 13.8. The number of methoxy groups -OCH3 is 1. The van der Waals surface area contributed by atoms with Crippen LogP contribution < -0.4 is 9.47 Å². The number of halogens is 1. The minimum Gasteiger partial charge on any atom is -0.493 e. The minimum absolute atomic E-state index is 0.0114. The molecule has 1 fully saturated rings. The van der Waals surface area contributed by atoms with Gasteiger partial charge in [-0.25, -0.2) is 4.39 Å². The van der Waals surface area contributed by atoms with E-state index in [-0.39, 0.29) is 23.6 Å². The normalized spacial score (nSPS) is 15.8. The van der Waals surface area contributed by atoms with Crippen molar-refractivity contribution < 1.29 is 18.7 Å². The average Bonchev–Trinajstić information content (AvgIpc) is 3.07. The highest BCUT2D eigenvalue weighted by Crippen LogP contribution is 2.34. The first kappa shape index (κ1) is 22.2. The number of ether oxygens (including phenoxy) is 2. The van der Waals surface area contributed by atoms with Gasteiger partial charge in [0.25, 0.3) is 0 Å². The zero-order valence-corrected chi connectivity index (χ0v) is 19.0. The van der Waals surface area contributed by atoms with E-state index in [9.17, 15) is 9.18 Å². The molecule has 0 bridgehead atoms. The molecule has 0 radical (unpaired) electrons. The van der Waals surface area contributed by atoms with Crippen LogP contribution in [0.15, 0.2) is 67.0 Å². The maximum Gasteiger partial charge on any atom is 0.242 e. The molecule has 164 valence electrons. The van der Waals surface area contributed by atoms with E-state index in [4.69, 9.17) is 21.7 Å². The van der Waals surface area contributed by atoms with Crippen LogP contribution in [0.3, 0.4) is 0 Å². The lowest BCUT2D eigenvalue weighted by atomic mass is 10.1. The van der Waals surface area contributed by atoms with Gasteiger partial charge in [-0.05, 0) is 41.8 Å². The summed E-state index contributed by atoms with van der Waals surface area (Å²) in [5, 5.41) is -0.297. The summed E-state index contributed by atoms with van der Waals surface area (Å²) in [6.07, 6.45) is 3.94. The first-order valence-electron chi connectivity index (χ1n) is 9.99. The molecule has 5 nitrogen and oxygen atoms in total. The molecule has 1 atom stereocenters. The third kappa shape index (κ3) is 5.08.